The fourth-order valence-corrected chi connectivity index (χ4v) is 3.61. The summed E-state index contributed by atoms with van der Waals surface area (Å²) in [4.78, 5) is 14.8. The normalized spacial score (nSPS) is 14.6. The standard InChI is InChI=1S/C22H28N2O2/c1-24(2)21(18-9-6-10-20(14-18)26-3)15-23-22(25)19-12-11-16-7-4-5-8-17(16)13-19/h6,9-14,21H,4-5,7-8,15H2,1-3H3,(H,23,25). The van der Waals surface area contributed by atoms with E-state index in [1.54, 1.807) is 7.11 Å². The van der Waals surface area contributed by atoms with Gasteiger partial charge in [-0.15, -0.1) is 0 Å². The fraction of sp³-hybridized carbons (Fsp3) is 0.409. The molecule has 2 aromatic rings. The fourth-order valence-electron chi connectivity index (χ4n) is 3.61. The molecule has 4 nitrogen and oxygen atoms in total. The topological polar surface area (TPSA) is 41.6 Å². The van der Waals surface area contributed by atoms with Gasteiger partial charge in [-0.1, -0.05) is 18.2 Å². The Balaban J connectivity index is 1.70. The second-order valence-corrected chi connectivity index (χ2v) is 7.16. The van der Waals surface area contributed by atoms with Crippen LogP contribution in [0.15, 0.2) is 42.5 Å². The Kier molecular flexibility index (Phi) is 5.94. The molecular formula is C22H28N2O2. The van der Waals surface area contributed by atoms with Crippen molar-refractivity contribution in [1.29, 1.82) is 0 Å². The van der Waals surface area contributed by atoms with Gasteiger partial charge in [-0.2, -0.15) is 0 Å². The lowest BCUT2D eigenvalue weighted by atomic mass is 9.90. The van der Waals surface area contributed by atoms with E-state index < -0.39 is 0 Å². The number of carbonyl (C=O) groups excluding carboxylic acids is 1. The molecule has 1 unspecified atom stereocenters. The first kappa shape index (κ1) is 18.5. The average molecular weight is 352 g/mol. The Morgan fingerprint density at radius 1 is 1.12 bits per heavy atom. The maximum Gasteiger partial charge on any atom is 0.251 e. The van der Waals surface area contributed by atoms with E-state index in [-0.39, 0.29) is 11.9 Å². The number of likely N-dealkylation sites (N-methyl/N-ethyl adjacent to an activating group) is 1. The van der Waals surface area contributed by atoms with Gasteiger partial charge in [0.25, 0.3) is 5.91 Å². The molecule has 0 bridgehead atoms. The van der Waals surface area contributed by atoms with Crippen LogP contribution in [0.1, 0.15) is 45.9 Å². The van der Waals surface area contributed by atoms with Crippen molar-refractivity contribution in [3.05, 3.63) is 64.7 Å². The highest BCUT2D eigenvalue weighted by atomic mass is 16.5. The summed E-state index contributed by atoms with van der Waals surface area (Å²) in [6.07, 6.45) is 4.69. The molecule has 4 heteroatoms. The van der Waals surface area contributed by atoms with Gasteiger partial charge in [0.05, 0.1) is 13.2 Å². The van der Waals surface area contributed by atoms with E-state index >= 15 is 0 Å². The number of nitrogens with zero attached hydrogens (tertiary/aromatic N) is 1. The van der Waals surface area contributed by atoms with Crippen LogP contribution in [-0.2, 0) is 12.8 Å². The van der Waals surface area contributed by atoms with Crippen molar-refractivity contribution in [1.82, 2.24) is 10.2 Å². The van der Waals surface area contributed by atoms with Gasteiger partial charge in [0.1, 0.15) is 5.75 Å². The molecule has 0 aliphatic heterocycles. The van der Waals surface area contributed by atoms with Crippen molar-refractivity contribution in [3.63, 3.8) is 0 Å². The first-order chi connectivity index (χ1) is 12.6. The maximum absolute atomic E-state index is 12.7. The number of hydrogen-bond acceptors (Lipinski definition) is 3. The average Bonchev–Trinajstić information content (AvgIpc) is 2.67. The smallest absolute Gasteiger partial charge is 0.251 e. The molecule has 0 aromatic heterocycles. The van der Waals surface area contributed by atoms with Crippen LogP contribution in [0.3, 0.4) is 0 Å². The van der Waals surface area contributed by atoms with Crippen molar-refractivity contribution < 1.29 is 9.53 Å². The van der Waals surface area contributed by atoms with Crippen LogP contribution < -0.4 is 10.1 Å². The number of rotatable bonds is 6. The van der Waals surface area contributed by atoms with Crippen molar-refractivity contribution in [2.75, 3.05) is 27.7 Å². The van der Waals surface area contributed by atoms with Crippen molar-refractivity contribution in [2.24, 2.45) is 0 Å². The zero-order valence-corrected chi connectivity index (χ0v) is 15.9. The molecule has 0 saturated heterocycles. The Morgan fingerprint density at radius 3 is 2.62 bits per heavy atom. The van der Waals surface area contributed by atoms with E-state index in [0.717, 1.165) is 29.7 Å². The minimum Gasteiger partial charge on any atom is -0.497 e. The van der Waals surface area contributed by atoms with Crippen molar-refractivity contribution in [3.8, 4) is 5.75 Å². The highest BCUT2D eigenvalue weighted by Gasteiger charge is 2.18. The lowest BCUT2D eigenvalue weighted by Gasteiger charge is -2.25. The van der Waals surface area contributed by atoms with Crippen LogP contribution in [0, 0.1) is 0 Å². The molecule has 1 atom stereocenters. The van der Waals surface area contributed by atoms with E-state index in [0.29, 0.717) is 6.54 Å². The minimum atomic E-state index is -0.00637. The van der Waals surface area contributed by atoms with E-state index in [1.807, 2.05) is 38.4 Å². The van der Waals surface area contributed by atoms with E-state index in [2.05, 4.69) is 28.4 Å². The largest absolute Gasteiger partial charge is 0.497 e. The molecule has 0 radical (unpaired) electrons. The molecule has 138 valence electrons. The molecule has 0 saturated carbocycles. The van der Waals surface area contributed by atoms with E-state index in [4.69, 9.17) is 4.74 Å². The molecule has 26 heavy (non-hydrogen) atoms. The van der Waals surface area contributed by atoms with Crippen molar-refractivity contribution in [2.45, 2.75) is 31.7 Å². The van der Waals surface area contributed by atoms with Gasteiger partial charge in [-0.3, -0.25) is 4.79 Å². The number of carbonyl (C=O) groups is 1. The van der Waals surface area contributed by atoms with Gasteiger partial charge >= 0.3 is 0 Å². The van der Waals surface area contributed by atoms with Gasteiger partial charge in [0.15, 0.2) is 0 Å². The summed E-state index contributed by atoms with van der Waals surface area (Å²) in [5.74, 6) is 0.823. The monoisotopic (exact) mass is 352 g/mol. The number of benzene rings is 2. The summed E-state index contributed by atoms with van der Waals surface area (Å²) in [5.41, 5.74) is 4.62. The molecule has 1 N–H and O–H groups in total. The molecule has 1 amide bonds. The Bertz CT molecular complexity index is 770. The molecule has 1 aliphatic carbocycles. The van der Waals surface area contributed by atoms with Crippen LogP contribution in [0.5, 0.6) is 5.75 Å². The summed E-state index contributed by atoms with van der Waals surface area (Å²) >= 11 is 0. The Labute approximate surface area is 156 Å². The highest BCUT2D eigenvalue weighted by Crippen LogP contribution is 2.24. The van der Waals surface area contributed by atoms with Crippen LogP contribution in [0.25, 0.3) is 0 Å². The number of ether oxygens (including phenoxy) is 1. The summed E-state index contributed by atoms with van der Waals surface area (Å²) in [7, 11) is 5.71. The lowest BCUT2D eigenvalue weighted by molar-refractivity contribution is 0.0942. The predicted molar refractivity (Wildman–Crippen MR) is 105 cm³/mol. The maximum atomic E-state index is 12.7. The highest BCUT2D eigenvalue weighted by molar-refractivity contribution is 5.94. The van der Waals surface area contributed by atoms with E-state index in [9.17, 15) is 4.79 Å². The number of methoxy groups -OCH3 is 1. The Hall–Kier alpha value is -2.33. The number of aryl methyl sites for hydroxylation is 2. The molecule has 3 rings (SSSR count). The van der Waals surface area contributed by atoms with Gasteiger partial charge in [-0.25, -0.2) is 0 Å². The third kappa shape index (κ3) is 4.25. The number of hydrogen-bond donors (Lipinski definition) is 1. The molecular weight excluding hydrogens is 324 g/mol. The summed E-state index contributed by atoms with van der Waals surface area (Å²) in [6.45, 7) is 0.552. The van der Waals surface area contributed by atoms with Gasteiger partial charge < -0.3 is 15.0 Å². The van der Waals surface area contributed by atoms with Crippen molar-refractivity contribution >= 4 is 5.91 Å². The number of nitrogens with one attached hydrogen (secondary N) is 1. The third-order valence-corrected chi connectivity index (χ3v) is 5.17. The zero-order valence-electron chi connectivity index (χ0n) is 15.9. The second-order valence-electron chi connectivity index (χ2n) is 7.16. The van der Waals surface area contributed by atoms with Gasteiger partial charge in [0.2, 0.25) is 0 Å². The minimum absolute atomic E-state index is 0.00637. The van der Waals surface area contributed by atoms with Gasteiger partial charge in [0, 0.05) is 12.1 Å². The first-order valence-electron chi connectivity index (χ1n) is 9.29. The third-order valence-electron chi connectivity index (χ3n) is 5.17. The summed E-state index contributed by atoms with van der Waals surface area (Å²) in [5, 5.41) is 3.10. The van der Waals surface area contributed by atoms with Crippen LogP contribution in [0.4, 0.5) is 0 Å². The predicted octanol–water partition coefficient (Wildman–Crippen LogP) is 3.61. The van der Waals surface area contributed by atoms with E-state index in [1.165, 1.54) is 24.0 Å². The summed E-state index contributed by atoms with van der Waals surface area (Å²) in [6, 6.07) is 14.2. The number of amides is 1. The van der Waals surface area contributed by atoms with Crippen LogP contribution in [-0.4, -0.2) is 38.6 Å². The summed E-state index contributed by atoms with van der Waals surface area (Å²) < 4.78 is 5.33. The molecule has 1 aliphatic rings. The van der Waals surface area contributed by atoms with Gasteiger partial charge in [-0.05, 0) is 80.7 Å². The molecule has 2 aromatic carbocycles. The molecule has 0 spiro atoms. The van der Waals surface area contributed by atoms with Crippen LogP contribution in [0.2, 0.25) is 0 Å². The quantitative estimate of drug-likeness (QED) is 0.863. The second kappa shape index (κ2) is 8.37. The Morgan fingerprint density at radius 2 is 1.88 bits per heavy atom. The number of fused-ring (bicyclic) bond motifs is 1. The SMILES string of the molecule is COc1cccc(C(CNC(=O)c2ccc3c(c2)CCCC3)N(C)C)c1. The molecule has 0 heterocycles. The zero-order chi connectivity index (χ0) is 18.5. The van der Waals surface area contributed by atoms with Crippen LogP contribution >= 0.6 is 0 Å². The lowest BCUT2D eigenvalue weighted by Crippen LogP contribution is -2.34. The first-order valence-corrected chi connectivity index (χ1v) is 9.29. The molecule has 0 fully saturated rings.